The topological polar surface area (TPSA) is 109 Å². The van der Waals surface area contributed by atoms with Crippen molar-refractivity contribution in [3.05, 3.63) is 30.1 Å². The van der Waals surface area contributed by atoms with E-state index in [2.05, 4.69) is 29.4 Å². The molecule has 0 aliphatic carbocycles. The van der Waals surface area contributed by atoms with E-state index < -0.39 is 10.4 Å². The van der Waals surface area contributed by atoms with Crippen molar-refractivity contribution < 1.29 is 22.3 Å². The van der Waals surface area contributed by atoms with Gasteiger partial charge in [0.25, 0.3) is 0 Å². The van der Waals surface area contributed by atoms with Gasteiger partial charge >= 0.3 is 10.4 Å². The summed E-state index contributed by atoms with van der Waals surface area (Å²) >= 11 is 0. The molecule has 7 nitrogen and oxygen atoms in total. The van der Waals surface area contributed by atoms with E-state index in [1.54, 1.807) is 6.20 Å². The Labute approximate surface area is 132 Å². The van der Waals surface area contributed by atoms with Crippen LogP contribution in [0, 0.1) is 0 Å². The first kappa shape index (κ1) is 20.5. The van der Waals surface area contributed by atoms with Crippen LogP contribution in [-0.2, 0) is 10.4 Å². The van der Waals surface area contributed by atoms with Gasteiger partial charge in [-0.2, -0.15) is 8.42 Å². The molecular weight excluding hydrogens is 308 g/mol. The summed E-state index contributed by atoms with van der Waals surface area (Å²) < 4.78 is 37.2. The Morgan fingerprint density at radius 2 is 1.91 bits per heavy atom. The predicted molar refractivity (Wildman–Crippen MR) is 86.4 cm³/mol. The van der Waals surface area contributed by atoms with E-state index in [9.17, 15) is 0 Å². The minimum Gasteiger partial charge on any atom is -0.489 e. The molecule has 126 valence electrons. The van der Waals surface area contributed by atoms with Crippen molar-refractivity contribution in [2.45, 2.75) is 39.3 Å². The second-order valence-corrected chi connectivity index (χ2v) is 5.79. The van der Waals surface area contributed by atoms with Crippen molar-refractivity contribution in [2.24, 2.45) is 0 Å². The lowest BCUT2D eigenvalue weighted by molar-refractivity contribution is 0.241. The molecule has 0 spiro atoms. The number of pyridine rings is 1. The molecular formula is C14H24N2O5S. The predicted octanol–water partition coefficient (Wildman–Crippen LogP) is 2.23. The molecule has 1 atom stereocenters. The Bertz CT molecular complexity index is 550. The first-order valence-electron chi connectivity index (χ1n) is 6.77. The molecule has 1 heterocycles. The maximum Gasteiger partial charge on any atom is 0.394 e. The zero-order valence-electron chi connectivity index (χ0n) is 13.2. The highest BCUT2D eigenvalue weighted by atomic mass is 32.3. The summed E-state index contributed by atoms with van der Waals surface area (Å²) in [5.41, 5.74) is 1.08. The third-order valence-corrected chi connectivity index (χ3v) is 2.40. The fourth-order valence-corrected chi connectivity index (χ4v) is 1.39. The molecule has 0 aliphatic heterocycles. The normalized spacial score (nSPS) is 12.9. The Morgan fingerprint density at radius 1 is 1.32 bits per heavy atom. The first-order chi connectivity index (χ1) is 10.1. The van der Waals surface area contributed by atoms with E-state index in [-0.39, 0.29) is 6.10 Å². The Morgan fingerprint density at radius 3 is 2.41 bits per heavy atom. The number of hydrogen-bond donors (Lipinski definition) is 3. The number of aromatic nitrogens is 1. The van der Waals surface area contributed by atoms with Gasteiger partial charge in [-0.05, 0) is 45.9 Å². The minimum absolute atomic E-state index is 0.181. The van der Waals surface area contributed by atoms with Crippen molar-refractivity contribution in [2.75, 3.05) is 7.05 Å². The van der Waals surface area contributed by atoms with Crippen molar-refractivity contribution >= 4 is 16.5 Å². The van der Waals surface area contributed by atoms with Crippen LogP contribution in [0.3, 0.4) is 0 Å². The summed E-state index contributed by atoms with van der Waals surface area (Å²) in [6.07, 6.45) is 9.00. The summed E-state index contributed by atoms with van der Waals surface area (Å²) in [6.45, 7) is 6.18. The smallest absolute Gasteiger partial charge is 0.394 e. The third-order valence-electron chi connectivity index (χ3n) is 2.40. The number of ether oxygens (including phenoxy) is 1. The molecule has 0 saturated heterocycles. The number of rotatable bonds is 6. The van der Waals surface area contributed by atoms with Gasteiger partial charge < -0.3 is 10.1 Å². The van der Waals surface area contributed by atoms with E-state index in [1.165, 1.54) is 0 Å². The average Bonchev–Trinajstić information content (AvgIpc) is 2.36. The molecule has 8 heteroatoms. The van der Waals surface area contributed by atoms with Gasteiger partial charge in [0.2, 0.25) is 0 Å². The van der Waals surface area contributed by atoms with Crippen LogP contribution < -0.4 is 10.1 Å². The Balaban J connectivity index is 0.000000763. The van der Waals surface area contributed by atoms with Crippen molar-refractivity contribution in [1.29, 1.82) is 0 Å². The quantitative estimate of drug-likeness (QED) is 0.685. The maximum atomic E-state index is 8.74. The molecule has 0 saturated carbocycles. The standard InChI is InChI=1S/C14H22N2O.H2O4S/c1-11(2)17-14-8-13(9-16-10-14)7-5-6-12(3)15-4;1-5(2,3)4/h5,7-12,15H,6H2,1-4H3;(H2,1,2,3,4)/b7-5+;/t12-;/m0./s1. The molecule has 1 rings (SSSR count). The van der Waals surface area contributed by atoms with Crippen LogP contribution in [0.1, 0.15) is 32.8 Å². The third kappa shape index (κ3) is 13.5. The highest BCUT2D eigenvalue weighted by molar-refractivity contribution is 7.79. The van der Waals surface area contributed by atoms with Gasteiger partial charge in [0, 0.05) is 12.2 Å². The molecule has 0 bridgehead atoms. The van der Waals surface area contributed by atoms with Crippen LogP contribution in [0.25, 0.3) is 6.08 Å². The highest BCUT2D eigenvalue weighted by Crippen LogP contribution is 2.14. The minimum atomic E-state index is -4.67. The van der Waals surface area contributed by atoms with Crippen LogP contribution in [0.5, 0.6) is 5.75 Å². The van der Waals surface area contributed by atoms with Gasteiger partial charge in [-0.25, -0.2) is 0 Å². The molecule has 0 fully saturated rings. The summed E-state index contributed by atoms with van der Waals surface area (Å²) in [7, 11) is -2.70. The van der Waals surface area contributed by atoms with Crippen LogP contribution in [0.4, 0.5) is 0 Å². The Kier molecular flexibility index (Phi) is 9.59. The number of nitrogens with one attached hydrogen (secondary N) is 1. The zero-order valence-corrected chi connectivity index (χ0v) is 14.0. The average molecular weight is 332 g/mol. The number of hydrogen-bond acceptors (Lipinski definition) is 5. The number of nitrogens with zero attached hydrogens (tertiary/aromatic N) is 1. The second-order valence-electron chi connectivity index (χ2n) is 4.90. The van der Waals surface area contributed by atoms with Gasteiger partial charge in [0.15, 0.2) is 0 Å². The molecule has 0 aromatic carbocycles. The van der Waals surface area contributed by atoms with Crippen LogP contribution in [0.2, 0.25) is 0 Å². The van der Waals surface area contributed by atoms with Crippen LogP contribution in [-0.4, -0.2) is 41.7 Å². The van der Waals surface area contributed by atoms with Crippen LogP contribution in [0.15, 0.2) is 24.5 Å². The molecule has 0 unspecified atom stereocenters. The lowest BCUT2D eigenvalue weighted by Crippen LogP contribution is -2.19. The van der Waals surface area contributed by atoms with Crippen molar-refractivity contribution in [3.63, 3.8) is 0 Å². The van der Waals surface area contributed by atoms with Gasteiger partial charge in [-0.1, -0.05) is 12.2 Å². The zero-order chi connectivity index (χ0) is 17.2. The summed E-state index contributed by atoms with van der Waals surface area (Å²) in [5, 5.41) is 3.20. The molecule has 1 aromatic heterocycles. The highest BCUT2D eigenvalue weighted by Gasteiger charge is 1.98. The largest absolute Gasteiger partial charge is 0.489 e. The van der Waals surface area contributed by atoms with E-state index in [0.29, 0.717) is 6.04 Å². The van der Waals surface area contributed by atoms with Crippen molar-refractivity contribution in [3.8, 4) is 5.75 Å². The first-order valence-corrected chi connectivity index (χ1v) is 8.17. The van der Waals surface area contributed by atoms with E-state index in [0.717, 1.165) is 17.7 Å². The molecule has 0 aliphatic rings. The van der Waals surface area contributed by atoms with E-state index in [4.69, 9.17) is 22.3 Å². The van der Waals surface area contributed by atoms with E-state index in [1.807, 2.05) is 33.2 Å². The van der Waals surface area contributed by atoms with E-state index >= 15 is 0 Å². The molecule has 1 aromatic rings. The summed E-state index contributed by atoms with van der Waals surface area (Å²) in [6, 6.07) is 2.50. The molecule has 0 radical (unpaired) electrons. The maximum absolute atomic E-state index is 8.74. The van der Waals surface area contributed by atoms with Gasteiger partial charge in [0.05, 0.1) is 12.3 Å². The molecule has 0 amide bonds. The summed E-state index contributed by atoms with van der Waals surface area (Å²) in [5.74, 6) is 0.823. The van der Waals surface area contributed by atoms with Gasteiger partial charge in [-0.3, -0.25) is 14.1 Å². The monoisotopic (exact) mass is 332 g/mol. The van der Waals surface area contributed by atoms with Crippen LogP contribution >= 0.6 is 0 Å². The fraction of sp³-hybridized carbons (Fsp3) is 0.500. The second kappa shape index (κ2) is 10.3. The lowest BCUT2D eigenvalue weighted by Gasteiger charge is -2.09. The fourth-order valence-electron chi connectivity index (χ4n) is 1.39. The van der Waals surface area contributed by atoms with Gasteiger partial charge in [-0.15, -0.1) is 0 Å². The lowest BCUT2D eigenvalue weighted by atomic mass is 10.2. The Hall–Kier alpha value is -1.48. The molecule has 22 heavy (non-hydrogen) atoms. The van der Waals surface area contributed by atoms with Gasteiger partial charge in [0.1, 0.15) is 5.75 Å². The SMILES string of the molecule is CN[C@@H](C)C/C=C/c1cncc(OC(C)C)c1.O=S(=O)(O)O. The molecule has 3 N–H and O–H groups in total. The van der Waals surface area contributed by atoms with Crippen molar-refractivity contribution in [1.82, 2.24) is 10.3 Å². The summed E-state index contributed by atoms with van der Waals surface area (Å²) in [4.78, 5) is 4.16.